The van der Waals surface area contributed by atoms with Gasteiger partial charge in [0.25, 0.3) is 10.0 Å². The number of nitrogens with zero attached hydrogens (tertiary/aromatic N) is 1. The maximum Gasteiger partial charge on any atom is 0.261 e. The molecule has 1 amide bonds. The Morgan fingerprint density at radius 1 is 1.12 bits per heavy atom. The number of halogens is 2. The Labute approximate surface area is 156 Å². The highest BCUT2D eigenvalue weighted by molar-refractivity contribution is 7.92. The molecule has 0 aromatic heterocycles. The predicted octanol–water partition coefficient (Wildman–Crippen LogP) is 3.70. The lowest BCUT2D eigenvalue weighted by Crippen LogP contribution is -2.34. The third-order valence-electron chi connectivity index (χ3n) is 4.12. The molecule has 0 spiro atoms. The lowest BCUT2D eigenvalue weighted by atomic mass is 10.00. The van der Waals surface area contributed by atoms with Gasteiger partial charge in [-0.2, -0.15) is 0 Å². The number of amides is 1. The summed E-state index contributed by atoms with van der Waals surface area (Å²) < 4.78 is 27.8. The molecule has 0 bridgehead atoms. The average molecular weight is 399 g/mol. The largest absolute Gasteiger partial charge is 0.338 e. The van der Waals surface area contributed by atoms with E-state index in [1.807, 2.05) is 0 Å². The molecule has 0 atom stereocenters. The van der Waals surface area contributed by atoms with Crippen molar-refractivity contribution in [2.75, 3.05) is 11.3 Å². The molecule has 0 aliphatic carbocycles. The highest BCUT2D eigenvalue weighted by atomic mass is 35.5. The molecule has 8 heteroatoms. The second kappa shape index (κ2) is 6.86. The molecule has 1 N–H and O–H groups in total. The topological polar surface area (TPSA) is 66.5 Å². The summed E-state index contributed by atoms with van der Waals surface area (Å²) in [5.41, 5.74) is 2.15. The van der Waals surface area contributed by atoms with Gasteiger partial charge in [0.15, 0.2) is 0 Å². The van der Waals surface area contributed by atoms with E-state index in [2.05, 4.69) is 4.72 Å². The van der Waals surface area contributed by atoms with E-state index in [4.69, 9.17) is 23.2 Å². The van der Waals surface area contributed by atoms with Crippen molar-refractivity contribution >= 4 is 44.8 Å². The van der Waals surface area contributed by atoms with Crippen LogP contribution in [0.4, 0.5) is 5.69 Å². The smallest absolute Gasteiger partial charge is 0.261 e. The highest BCUT2D eigenvalue weighted by Gasteiger charge is 2.22. The van der Waals surface area contributed by atoms with Crippen LogP contribution in [-0.2, 0) is 27.8 Å². The van der Waals surface area contributed by atoms with Gasteiger partial charge in [-0.05, 0) is 47.9 Å². The van der Waals surface area contributed by atoms with Crippen LogP contribution in [0.2, 0.25) is 10.0 Å². The standard InChI is InChI=1S/C17H16Cl2N2O3S/c1-11(22)21-7-6-12-2-4-15(8-13(12)10-21)25(23,24)20-17-5-3-14(18)9-16(17)19/h2-5,8-9,20H,6-7,10H2,1H3. The van der Waals surface area contributed by atoms with Crippen LogP contribution in [0, 0.1) is 0 Å². The third-order valence-corrected chi connectivity index (χ3v) is 6.03. The minimum absolute atomic E-state index is 0.0232. The van der Waals surface area contributed by atoms with Crippen LogP contribution in [0.5, 0.6) is 0 Å². The number of fused-ring (bicyclic) bond motifs is 1. The van der Waals surface area contributed by atoms with Crippen LogP contribution in [0.25, 0.3) is 0 Å². The molecule has 0 fully saturated rings. The Hall–Kier alpha value is -1.76. The Bertz CT molecular complexity index is 945. The summed E-state index contributed by atoms with van der Waals surface area (Å²) in [5, 5.41) is 0.642. The Kier molecular flexibility index (Phi) is 4.95. The van der Waals surface area contributed by atoms with E-state index in [0.29, 0.717) is 24.5 Å². The SMILES string of the molecule is CC(=O)N1CCc2ccc(S(=O)(=O)Nc3ccc(Cl)cc3Cl)cc2C1. The normalized spacial score (nSPS) is 14.1. The Morgan fingerprint density at radius 3 is 2.56 bits per heavy atom. The molecule has 0 saturated carbocycles. The minimum Gasteiger partial charge on any atom is -0.338 e. The summed E-state index contributed by atoms with van der Waals surface area (Å²) in [7, 11) is -3.80. The van der Waals surface area contributed by atoms with Gasteiger partial charge >= 0.3 is 0 Å². The second-order valence-corrected chi connectivity index (χ2v) is 8.38. The van der Waals surface area contributed by atoms with Gasteiger partial charge in [0.1, 0.15) is 0 Å². The van der Waals surface area contributed by atoms with Crippen molar-refractivity contribution in [1.82, 2.24) is 4.90 Å². The van der Waals surface area contributed by atoms with E-state index in [1.54, 1.807) is 29.2 Å². The van der Waals surface area contributed by atoms with Gasteiger partial charge in [0.05, 0.1) is 15.6 Å². The van der Waals surface area contributed by atoms with Crippen molar-refractivity contribution in [3.63, 3.8) is 0 Å². The molecule has 3 rings (SSSR count). The van der Waals surface area contributed by atoms with E-state index >= 15 is 0 Å². The van der Waals surface area contributed by atoms with E-state index in [9.17, 15) is 13.2 Å². The van der Waals surface area contributed by atoms with Gasteiger partial charge in [0.2, 0.25) is 5.91 Å². The zero-order chi connectivity index (χ0) is 18.2. The maximum absolute atomic E-state index is 12.7. The molecule has 0 saturated heterocycles. The quantitative estimate of drug-likeness (QED) is 0.856. The molecule has 25 heavy (non-hydrogen) atoms. The van der Waals surface area contributed by atoms with E-state index in [1.165, 1.54) is 19.1 Å². The first-order valence-corrected chi connectivity index (χ1v) is 9.85. The van der Waals surface area contributed by atoms with Crippen LogP contribution < -0.4 is 4.72 Å². The Balaban J connectivity index is 1.90. The van der Waals surface area contributed by atoms with Crippen LogP contribution >= 0.6 is 23.2 Å². The molecule has 1 heterocycles. The lowest BCUT2D eigenvalue weighted by molar-refractivity contribution is -0.129. The zero-order valence-electron chi connectivity index (χ0n) is 13.4. The number of anilines is 1. The molecule has 132 valence electrons. The molecule has 2 aromatic rings. The maximum atomic E-state index is 12.7. The minimum atomic E-state index is -3.80. The van der Waals surface area contributed by atoms with Crippen LogP contribution in [0.3, 0.4) is 0 Å². The lowest BCUT2D eigenvalue weighted by Gasteiger charge is -2.28. The van der Waals surface area contributed by atoms with Gasteiger partial charge in [-0.1, -0.05) is 29.3 Å². The molecular formula is C17H16Cl2N2O3S. The van der Waals surface area contributed by atoms with Crippen LogP contribution in [0.15, 0.2) is 41.3 Å². The fourth-order valence-corrected chi connectivity index (χ4v) is 4.39. The van der Waals surface area contributed by atoms with Crippen LogP contribution in [0.1, 0.15) is 18.1 Å². The number of sulfonamides is 1. The fourth-order valence-electron chi connectivity index (χ4n) is 2.75. The number of carbonyl (C=O) groups is 1. The van der Waals surface area contributed by atoms with E-state index in [0.717, 1.165) is 11.1 Å². The van der Waals surface area contributed by atoms with E-state index in [-0.39, 0.29) is 21.5 Å². The van der Waals surface area contributed by atoms with Crippen molar-refractivity contribution in [3.05, 3.63) is 57.6 Å². The zero-order valence-corrected chi connectivity index (χ0v) is 15.7. The summed E-state index contributed by atoms with van der Waals surface area (Å²) in [4.78, 5) is 13.4. The van der Waals surface area contributed by atoms with Gasteiger partial charge in [-0.15, -0.1) is 0 Å². The first-order chi connectivity index (χ1) is 11.8. The molecular weight excluding hydrogens is 383 g/mol. The number of hydrogen-bond donors (Lipinski definition) is 1. The first-order valence-electron chi connectivity index (χ1n) is 7.61. The summed E-state index contributed by atoms with van der Waals surface area (Å²) in [6.45, 7) is 2.57. The van der Waals surface area contributed by atoms with Crippen molar-refractivity contribution in [2.45, 2.75) is 24.8 Å². The van der Waals surface area contributed by atoms with Crippen molar-refractivity contribution < 1.29 is 13.2 Å². The van der Waals surface area contributed by atoms with Crippen molar-refractivity contribution in [2.24, 2.45) is 0 Å². The number of benzene rings is 2. The summed E-state index contributed by atoms with van der Waals surface area (Å²) in [6, 6.07) is 9.51. The fraction of sp³-hybridized carbons (Fsp3) is 0.235. The molecule has 5 nitrogen and oxygen atoms in total. The summed E-state index contributed by atoms with van der Waals surface area (Å²) in [5.74, 6) is -0.0232. The van der Waals surface area contributed by atoms with Gasteiger partial charge in [0, 0.05) is 25.0 Å². The summed E-state index contributed by atoms with van der Waals surface area (Å²) >= 11 is 11.9. The summed E-state index contributed by atoms with van der Waals surface area (Å²) in [6.07, 6.45) is 0.714. The molecule has 2 aromatic carbocycles. The number of nitrogens with one attached hydrogen (secondary N) is 1. The molecule has 1 aliphatic rings. The van der Waals surface area contributed by atoms with E-state index < -0.39 is 10.0 Å². The predicted molar refractivity (Wildman–Crippen MR) is 98.5 cm³/mol. The number of carbonyl (C=O) groups excluding carboxylic acids is 1. The number of hydrogen-bond acceptors (Lipinski definition) is 3. The second-order valence-electron chi connectivity index (χ2n) is 5.85. The monoisotopic (exact) mass is 398 g/mol. The average Bonchev–Trinajstić information content (AvgIpc) is 2.56. The molecule has 0 unspecified atom stereocenters. The highest BCUT2D eigenvalue weighted by Crippen LogP contribution is 2.29. The number of rotatable bonds is 3. The first kappa shape index (κ1) is 18.0. The molecule has 0 radical (unpaired) electrons. The third kappa shape index (κ3) is 3.92. The van der Waals surface area contributed by atoms with Gasteiger partial charge in [-0.3, -0.25) is 9.52 Å². The molecule has 1 aliphatic heterocycles. The van der Waals surface area contributed by atoms with Crippen LogP contribution in [-0.4, -0.2) is 25.8 Å². The van der Waals surface area contributed by atoms with Gasteiger partial charge < -0.3 is 4.90 Å². The Morgan fingerprint density at radius 2 is 1.88 bits per heavy atom. The van der Waals surface area contributed by atoms with Crippen molar-refractivity contribution in [1.29, 1.82) is 0 Å². The van der Waals surface area contributed by atoms with Gasteiger partial charge in [-0.25, -0.2) is 8.42 Å². The van der Waals surface area contributed by atoms with Crippen molar-refractivity contribution in [3.8, 4) is 0 Å².